The molecule has 0 bridgehead atoms. The van der Waals surface area contributed by atoms with Crippen molar-refractivity contribution in [1.82, 2.24) is 9.97 Å². The van der Waals surface area contributed by atoms with Crippen molar-refractivity contribution in [2.45, 2.75) is 19.8 Å². The number of rotatable bonds is 4. The smallest absolute Gasteiger partial charge is 0.341 e. The fraction of sp³-hybridized carbons (Fsp3) is 0.267. The number of carbonyl (C=O) groups is 1. The summed E-state index contributed by atoms with van der Waals surface area (Å²) in [5.74, 6) is -0.485. The summed E-state index contributed by atoms with van der Waals surface area (Å²) >= 11 is 6.07. The van der Waals surface area contributed by atoms with Crippen LogP contribution >= 0.6 is 11.6 Å². The zero-order chi connectivity index (χ0) is 14.5. The highest BCUT2D eigenvalue weighted by atomic mass is 35.5. The fourth-order valence-electron chi connectivity index (χ4n) is 1.99. The van der Waals surface area contributed by atoms with Gasteiger partial charge in [-0.25, -0.2) is 9.78 Å². The Hall–Kier alpha value is -1.94. The Morgan fingerprint density at radius 3 is 2.65 bits per heavy atom. The minimum Gasteiger partial charge on any atom is -0.465 e. The molecule has 0 atom stereocenters. The SMILES string of the molecule is CCCc1nc(Cl)c(C(=O)OC)cc1-c1ccncc1. The molecule has 2 rings (SSSR count). The van der Waals surface area contributed by atoms with Gasteiger partial charge in [0.15, 0.2) is 0 Å². The third kappa shape index (κ3) is 2.96. The Balaban J connectivity index is 2.60. The highest BCUT2D eigenvalue weighted by molar-refractivity contribution is 6.32. The quantitative estimate of drug-likeness (QED) is 0.638. The summed E-state index contributed by atoms with van der Waals surface area (Å²) < 4.78 is 4.73. The van der Waals surface area contributed by atoms with Crippen LogP contribution in [0, 0.1) is 0 Å². The molecule has 0 unspecified atom stereocenters. The first-order valence-electron chi connectivity index (χ1n) is 6.35. The van der Waals surface area contributed by atoms with Crippen LogP contribution in [0.25, 0.3) is 11.1 Å². The fourth-order valence-corrected chi connectivity index (χ4v) is 2.22. The van der Waals surface area contributed by atoms with Crippen molar-refractivity contribution in [2.75, 3.05) is 7.11 Å². The van der Waals surface area contributed by atoms with Gasteiger partial charge in [-0.05, 0) is 30.2 Å². The summed E-state index contributed by atoms with van der Waals surface area (Å²) in [5.41, 5.74) is 2.99. The van der Waals surface area contributed by atoms with E-state index in [1.54, 1.807) is 18.5 Å². The molecule has 0 N–H and O–H groups in total. The van der Waals surface area contributed by atoms with Gasteiger partial charge < -0.3 is 4.74 Å². The number of pyridine rings is 2. The van der Waals surface area contributed by atoms with E-state index >= 15 is 0 Å². The first kappa shape index (κ1) is 14.5. The van der Waals surface area contributed by atoms with Crippen molar-refractivity contribution in [2.24, 2.45) is 0 Å². The molecule has 0 radical (unpaired) electrons. The Morgan fingerprint density at radius 1 is 1.35 bits per heavy atom. The van der Waals surface area contributed by atoms with Gasteiger partial charge in [0, 0.05) is 18.0 Å². The molecule has 0 aliphatic heterocycles. The topological polar surface area (TPSA) is 52.1 Å². The molecule has 0 aliphatic rings. The second-order valence-electron chi connectivity index (χ2n) is 4.30. The molecule has 0 spiro atoms. The summed E-state index contributed by atoms with van der Waals surface area (Å²) in [5, 5.41) is 0.179. The third-order valence-corrected chi connectivity index (χ3v) is 3.23. The van der Waals surface area contributed by atoms with Crippen LogP contribution in [0.5, 0.6) is 0 Å². The van der Waals surface area contributed by atoms with Crippen molar-refractivity contribution in [3.05, 3.63) is 47.0 Å². The summed E-state index contributed by atoms with van der Waals surface area (Å²) in [6, 6.07) is 5.50. The number of esters is 1. The molecule has 0 saturated heterocycles. The molecular weight excluding hydrogens is 276 g/mol. The second-order valence-corrected chi connectivity index (χ2v) is 4.66. The van der Waals surface area contributed by atoms with Crippen molar-refractivity contribution in [3.63, 3.8) is 0 Å². The van der Waals surface area contributed by atoms with Gasteiger partial charge in [-0.3, -0.25) is 4.98 Å². The molecule has 20 heavy (non-hydrogen) atoms. The minimum absolute atomic E-state index is 0.179. The van der Waals surface area contributed by atoms with E-state index in [4.69, 9.17) is 16.3 Å². The number of ether oxygens (including phenoxy) is 1. The predicted octanol–water partition coefficient (Wildman–Crippen LogP) is 3.54. The maximum atomic E-state index is 11.7. The third-order valence-electron chi connectivity index (χ3n) is 2.94. The predicted molar refractivity (Wildman–Crippen MR) is 77.8 cm³/mol. The maximum Gasteiger partial charge on any atom is 0.341 e. The number of halogens is 1. The molecule has 4 nitrogen and oxygen atoms in total. The second kappa shape index (κ2) is 6.48. The number of aryl methyl sites for hydroxylation is 1. The van der Waals surface area contributed by atoms with Gasteiger partial charge in [0.05, 0.1) is 18.4 Å². The zero-order valence-corrected chi connectivity index (χ0v) is 12.1. The van der Waals surface area contributed by atoms with Crippen LogP contribution in [-0.2, 0) is 11.2 Å². The Morgan fingerprint density at radius 2 is 2.05 bits per heavy atom. The largest absolute Gasteiger partial charge is 0.465 e. The molecule has 0 amide bonds. The van der Waals surface area contributed by atoms with Gasteiger partial charge in [-0.2, -0.15) is 0 Å². The molecule has 104 valence electrons. The lowest BCUT2D eigenvalue weighted by molar-refractivity contribution is 0.0600. The standard InChI is InChI=1S/C15H15ClN2O2/c1-3-4-13-11(10-5-7-17-8-6-10)9-12(14(16)18-13)15(19)20-2/h5-9H,3-4H2,1-2H3. The summed E-state index contributed by atoms with van der Waals surface area (Å²) in [6.45, 7) is 2.07. The van der Waals surface area contributed by atoms with E-state index in [-0.39, 0.29) is 10.7 Å². The van der Waals surface area contributed by atoms with Crippen LogP contribution < -0.4 is 0 Å². The van der Waals surface area contributed by atoms with Gasteiger partial charge in [0.2, 0.25) is 0 Å². The number of hydrogen-bond donors (Lipinski definition) is 0. The molecular formula is C15H15ClN2O2. The van der Waals surface area contributed by atoms with E-state index in [9.17, 15) is 4.79 Å². The van der Waals surface area contributed by atoms with Crippen molar-refractivity contribution in [1.29, 1.82) is 0 Å². The molecule has 0 aliphatic carbocycles. The molecule has 2 aromatic rings. The molecule has 0 aromatic carbocycles. The van der Waals surface area contributed by atoms with E-state index in [0.717, 1.165) is 29.7 Å². The normalized spacial score (nSPS) is 10.3. The first-order chi connectivity index (χ1) is 9.67. The van der Waals surface area contributed by atoms with E-state index < -0.39 is 5.97 Å². The Kier molecular flexibility index (Phi) is 4.69. The van der Waals surface area contributed by atoms with E-state index in [2.05, 4.69) is 16.9 Å². The molecule has 0 fully saturated rings. The molecule has 2 aromatic heterocycles. The summed E-state index contributed by atoms with van der Waals surface area (Å²) in [6.07, 6.45) is 5.15. The summed E-state index contributed by atoms with van der Waals surface area (Å²) in [7, 11) is 1.32. The lowest BCUT2D eigenvalue weighted by Gasteiger charge is -2.11. The van der Waals surface area contributed by atoms with E-state index in [1.165, 1.54) is 7.11 Å². The molecule has 0 saturated carbocycles. The monoisotopic (exact) mass is 290 g/mol. The Labute approximate surface area is 122 Å². The lowest BCUT2D eigenvalue weighted by atomic mass is 10.0. The number of methoxy groups -OCH3 is 1. The zero-order valence-electron chi connectivity index (χ0n) is 11.4. The van der Waals surface area contributed by atoms with Crippen molar-refractivity contribution in [3.8, 4) is 11.1 Å². The van der Waals surface area contributed by atoms with E-state index in [1.807, 2.05) is 12.1 Å². The average molecular weight is 291 g/mol. The van der Waals surface area contributed by atoms with Crippen LogP contribution in [0.2, 0.25) is 5.15 Å². The highest BCUT2D eigenvalue weighted by Crippen LogP contribution is 2.28. The lowest BCUT2D eigenvalue weighted by Crippen LogP contribution is -2.06. The minimum atomic E-state index is -0.485. The van der Waals surface area contributed by atoms with Crippen LogP contribution in [0.1, 0.15) is 29.4 Å². The number of aromatic nitrogens is 2. The van der Waals surface area contributed by atoms with Gasteiger partial charge >= 0.3 is 5.97 Å². The molecule has 5 heteroatoms. The van der Waals surface area contributed by atoms with Gasteiger partial charge in [-0.1, -0.05) is 24.9 Å². The average Bonchev–Trinajstić information content (AvgIpc) is 2.48. The number of nitrogens with zero attached hydrogens (tertiary/aromatic N) is 2. The van der Waals surface area contributed by atoms with Crippen LogP contribution in [-0.4, -0.2) is 23.0 Å². The maximum absolute atomic E-state index is 11.7. The Bertz CT molecular complexity index is 615. The van der Waals surface area contributed by atoms with Crippen LogP contribution in [0.15, 0.2) is 30.6 Å². The summed E-state index contributed by atoms with van der Waals surface area (Å²) in [4.78, 5) is 20.1. The van der Waals surface area contributed by atoms with E-state index in [0.29, 0.717) is 0 Å². The van der Waals surface area contributed by atoms with Gasteiger partial charge in [0.25, 0.3) is 0 Å². The highest BCUT2D eigenvalue weighted by Gasteiger charge is 2.17. The van der Waals surface area contributed by atoms with Crippen molar-refractivity contribution >= 4 is 17.6 Å². The van der Waals surface area contributed by atoms with Crippen LogP contribution in [0.4, 0.5) is 0 Å². The van der Waals surface area contributed by atoms with Gasteiger partial charge in [-0.15, -0.1) is 0 Å². The van der Waals surface area contributed by atoms with Crippen molar-refractivity contribution < 1.29 is 9.53 Å². The number of hydrogen-bond acceptors (Lipinski definition) is 4. The van der Waals surface area contributed by atoms with Crippen LogP contribution in [0.3, 0.4) is 0 Å². The number of carbonyl (C=O) groups excluding carboxylic acids is 1. The first-order valence-corrected chi connectivity index (χ1v) is 6.73. The molecule has 2 heterocycles. The van der Waals surface area contributed by atoms with Gasteiger partial charge in [0.1, 0.15) is 5.15 Å².